The van der Waals surface area contributed by atoms with Gasteiger partial charge in [0.25, 0.3) is 0 Å². The first-order valence-corrected chi connectivity index (χ1v) is 7.55. The number of pyridine rings is 1. The smallest absolute Gasteiger partial charge is 0.160 e. The summed E-state index contributed by atoms with van der Waals surface area (Å²) in [5.74, 6) is 0.594. The van der Waals surface area contributed by atoms with Gasteiger partial charge in [0, 0.05) is 17.1 Å². The first-order valence-electron chi connectivity index (χ1n) is 7.55. The van der Waals surface area contributed by atoms with E-state index in [1.54, 1.807) is 16.9 Å². The average Bonchev–Trinajstić information content (AvgIpc) is 2.90. The lowest BCUT2D eigenvalue weighted by atomic mass is 10.2. The Bertz CT molecular complexity index is 1110. The Balaban J connectivity index is 1.96. The standard InChI is InChI=1S/C18H14N6/c1-11-12(2)23-24-17(11)21-10-14(9-19)18(24)22-15-7-3-5-13-6-4-8-20-16(13)15/h3-8,10,22H,1-2H3. The summed E-state index contributed by atoms with van der Waals surface area (Å²) in [7, 11) is 0. The molecule has 0 atom stereocenters. The van der Waals surface area contributed by atoms with Crippen LogP contribution in [0.4, 0.5) is 11.5 Å². The number of hydrogen-bond acceptors (Lipinski definition) is 5. The van der Waals surface area contributed by atoms with E-state index in [0.717, 1.165) is 33.5 Å². The molecule has 0 radical (unpaired) electrons. The molecule has 116 valence electrons. The van der Waals surface area contributed by atoms with Gasteiger partial charge in [0.15, 0.2) is 11.5 Å². The van der Waals surface area contributed by atoms with Gasteiger partial charge >= 0.3 is 0 Å². The highest BCUT2D eigenvalue weighted by Crippen LogP contribution is 2.27. The minimum atomic E-state index is 0.429. The second kappa shape index (κ2) is 5.32. The summed E-state index contributed by atoms with van der Waals surface area (Å²) in [6, 6.07) is 12.0. The van der Waals surface area contributed by atoms with Crippen molar-refractivity contribution < 1.29 is 0 Å². The van der Waals surface area contributed by atoms with Gasteiger partial charge in [0.05, 0.1) is 23.1 Å². The zero-order valence-electron chi connectivity index (χ0n) is 13.3. The van der Waals surface area contributed by atoms with E-state index < -0.39 is 0 Å². The van der Waals surface area contributed by atoms with Crippen molar-refractivity contribution in [3.8, 4) is 6.07 Å². The zero-order chi connectivity index (χ0) is 16.7. The van der Waals surface area contributed by atoms with E-state index in [2.05, 4.69) is 26.5 Å². The number of benzene rings is 1. The molecule has 24 heavy (non-hydrogen) atoms. The van der Waals surface area contributed by atoms with E-state index in [-0.39, 0.29) is 0 Å². The van der Waals surface area contributed by atoms with Crippen LogP contribution in [-0.4, -0.2) is 19.6 Å². The van der Waals surface area contributed by atoms with E-state index >= 15 is 0 Å². The number of hydrogen-bond donors (Lipinski definition) is 1. The fourth-order valence-electron chi connectivity index (χ4n) is 2.74. The molecule has 6 heteroatoms. The summed E-state index contributed by atoms with van der Waals surface area (Å²) >= 11 is 0. The maximum absolute atomic E-state index is 9.46. The van der Waals surface area contributed by atoms with Gasteiger partial charge in [-0.05, 0) is 26.0 Å². The molecule has 1 N–H and O–H groups in total. The highest BCUT2D eigenvalue weighted by atomic mass is 15.3. The fourth-order valence-corrected chi connectivity index (χ4v) is 2.74. The van der Waals surface area contributed by atoms with Crippen LogP contribution in [0, 0.1) is 25.2 Å². The molecule has 6 nitrogen and oxygen atoms in total. The molecular formula is C18H14N6. The predicted molar refractivity (Wildman–Crippen MR) is 92.2 cm³/mol. The summed E-state index contributed by atoms with van der Waals surface area (Å²) in [6.45, 7) is 3.90. The Labute approximate surface area is 138 Å². The Hall–Kier alpha value is -3.46. The van der Waals surface area contributed by atoms with E-state index in [4.69, 9.17) is 0 Å². The summed E-state index contributed by atoms with van der Waals surface area (Å²) < 4.78 is 1.69. The van der Waals surface area contributed by atoms with Crippen LogP contribution in [0.3, 0.4) is 0 Å². The lowest BCUT2D eigenvalue weighted by Gasteiger charge is -2.11. The first-order chi connectivity index (χ1) is 11.7. The fraction of sp³-hybridized carbons (Fsp3) is 0.111. The number of nitrogens with zero attached hydrogens (tertiary/aromatic N) is 5. The maximum atomic E-state index is 9.46. The quantitative estimate of drug-likeness (QED) is 0.612. The third kappa shape index (κ3) is 2.07. The normalized spacial score (nSPS) is 10.9. The van der Waals surface area contributed by atoms with E-state index in [1.807, 2.05) is 44.2 Å². The molecule has 0 unspecified atom stereocenters. The van der Waals surface area contributed by atoms with Crippen LogP contribution in [0.5, 0.6) is 0 Å². The molecule has 0 aliphatic rings. The van der Waals surface area contributed by atoms with Crippen LogP contribution < -0.4 is 5.32 Å². The summed E-state index contributed by atoms with van der Waals surface area (Å²) in [5.41, 5.74) is 4.72. The van der Waals surface area contributed by atoms with Crippen LogP contribution in [0.15, 0.2) is 42.7 Å². The number of para-hydroxylation sites is 1. The molecule has 0 spiro atoms. The second-order valence-corrected chi connectivity index (χ2v) is 5.58. The molecule has 4 aromatic rings. The first kappa shape index (κ1) is 14.2. The van der Waals surface area contributed by atoms with Gasteiger partial charge in [-0.15, -0.1) is 0 Å². The van der Waals surface area contributed by atoms with Crippen molar-refractivity contribution in [1.82, 2.24) is 19.6 Å². The number of rotatable bonds is 2. The molecule has 0 fully saturated rings. The summed E-state index contributed by atoms with van der Waals surface area (Å²) in [5, 5.41) is 18.3. The largest absolute Gasteiger partial charge is 0.337 e. The van der Waals surface area contributed by atoms with Gasteiger partial charge in [0.2, 0.25) is 0 Å². The van der Waals surface area contributed by atoms with Crippen LogP contribution in [0.1, 0.15) is 16.8 Å². The Morgan fingerprint density at radius 1 is 1.12 bits per heavy atom. The molecular weight excluding hydrogens is 300 g/mol. The van der Waals surface area contributed by atoms with Gasteiger partial charge in [-0.2, -0.15) is 14.9 Å². The molecule has 0 saturated carbocycles. The number of nitrogens with one attached hydrogen (secondary N) is 1. The Kier molecular flexibility index (Phi) is 3.14. The van der Waals surface area contributed by atoms with Crippen molar-refractivity contribution in [2.45, 2.75) is 13.8 Å². The third-order valence-electron chi connectivity index (χ3n) is 4.12. The minimum Gasteiger partial charge on any atom is -0.337 e. The van der Waals surface area contributed by atoms with Crippen molar-refractivity contribution in [3.05, 3.63) is 59.5 Å². The van der Waals surface area contributed by atoms with Crippen molar-refractivity contribution in [1.29, 1.82) is 5.26 Å². The maximum Gasteiger partial charge on any atom is 0.160 e. The minimum absolute atomic E-state index is 0.429. The summed E-state index contributed by atoms with van der Waals surface area (Å²) in [6.07, 6.45) is 3.33. The van der Waals surface area contributed by atoms with E-state index in [0.29, 0.717) is 11.4 Å². The number of nitriles is 1. The SMILES string of the molecule is Cc1nn2c(Nc3cccc4cccnc34)c(C#N)cnc2c1C. The van der Waals surface area contributed by atoms with Crippen LogP contribution >= 0.6 is 0 Å². The monoisotopic (exact) mass is 314 g/mol. The molecule has 0 bridgehead atoms. The molecule has 4 rings (SSSR count). The number of anilines is 2. The number of fused-ring (bicyclic) bond motifs is 2. The predicted octanol–water partition coefficient (Wildman–Crippen LogP) is 3.51. The lowest BCUT2D eigenvalue weighted by molar-refractivity contribution is 0.921. The molecule has 0 aliphatic carbocycles. The molecule has 1 aromatic carbocycles. The number of aromatic nitrogens is 4. The van der Waals surface area contributed by atoms with E-state index in [1.165, 1.54) is 0 Å². The lowest BCUT2D eigenvalue weighted by Crippen LogP contribution is -2.05. The molecule has 0 amide bonds. The molecule has 0 saturated heterocycles. The van der Waals surface area contributed by atoms with E-state index in [9.17, 15) is 5.26 Å². The highest BCUT2D eigenvalue weighted by Gasteiger charge is 2.15. The second-order valence-electron chi connectivity index (χ2n) is 5.58. The molecule has 3 aromatic heterocycles. The number of aryl methyl sites for hydroxylation is 2. The Morgan fingerprint density at radius 3 is 2.79 bits per heavy atom. The topological polar surface area (TPSA) is 78.9 Å². The van der Waals surface area contributed by atoms with Gasteiger partial charge in [-0.3, -0.25) is 4.98 Å². The Morgan fingerprint density at radius 2 is 1.96 bits per heavy atom. The van der Waals surface area contributed by atoms with Gasteiger partial charge in [-0.25, -0.2) is 4.98 Å². The van der Waals surface area contributed by atoms with Gasteiger partial charge < -0.3 is 5.32 Å². The average molecular weight is 314 g/mol. The highest BCUT2D eigenvalue weighted by molar-refractivity contribution is 5.92. The van der Waals surface area contributed by atoms with Crippen molar-refractivity contribution >= 4 is 28.1 Å². The van der Waals surface area contributed by atoms with Gasteiger partial charge in [0.1, 0.15) is 11.6 Å². The molecule has 0 aliphatic heterocycles. The van der Waals surface area contributed by atoms with Crippen LogP contribution in [0.25, 0.3) is 16.6 Å². The summed E-state index contributed by atoms with van der Waals surface area (Å²) in [4.78, 5) is 8.80. The van der Waals surface area contributed by atoms with Gasteiger partial charge in [-0.1, -0.05) is 18.2 Å². The third-order valence-corrected chi connectivity index (χ3v) is 4.12. The van der Waals surface area contributed by atoms with Crippen LogP contribution in [-0.2, 0) is 0 Å². The van der Waals surface area contributed by atoms with Crippen molar-refractivity contribution in [2.75, 3.05) is 5.32 Å². The molecule has 3 heterocycles. The van der Waals surface area contributed by atoms with Crippen molar-refractivity contribution in [2.24, 2.45) is 0 Å². The van der Waals surface area contributed by atoms with Crippen LogP contribution in [0.2, 0.25) is 0 Å². The van der Waals surface area contributed by atoms with Crippen molar-refractivity contribution in [3.63, 3.8) is 0 Å². The zero-order valence-corrected chi connectivity index (χ0v) is 13.3.